The van der Waals surface area contributed by atoms with Gasteiger partial charge in [-0.05, 0) is 25.0 Å². The monoisotopic (exact) mass is 245 g/mol. The minimum atomic E-state index is -0.0452. The molecule has 1 aliphatic heterocycles. The summed E-state index contributed by atoms with van der Waals surface area (Å²) in [6, 6.07) is 5.60. The van der Waals surface area contributed by atoms with Gasteiger partial charge in [-0.3, -0.25) is 4.79 Å². The number of fused-ring (bicyclic) bond motifs is 1. The third kappa shape index (κ3) is 1.67. The van der Waals surface area contributed by atoms with Gasteiger partial charge in [0.1, 0.15) is 0 Å². The van der Waals surface area contributed by atoms with Crippen molar-refractivity contribution in [1.82, 2.24) is 14.5 Å². The van der Waals surface area contributed by atoms with Crippen molar-refractivity contribution in [3.8, 4) is 0 Å². The lowest BCUT2D eigenvalue weighted by Gasteiger charge is -2.22. The van der Waals surface area contributed by atoms with Crippen LogP contribution >= 0.6 is 0 Å². The first-order chi connectivity index (χ1) is 8.81. The largest absolute Gasteiger partial charge is 0.394 e. The highest BCUT2D eigenvalue weighted by Crippen LogP contribution is 2.21. The highest BCUT2D eigenvalue weighted by Gasteiger charge is 2.30. The summed E-state index contributed by atoms with van der Waals surface area (Å²) >= 11 is 0. The van der Waals surface area contributed by atoms with Gasteiger partial charge in [0.2, 0.25) is 0 Å². The van der Waals surface area contributed by atoms with Gasteiger partial charge in [0.15, 0.2) is 0 Å². The maximum atomic E-state index is 12.5. The summed E-state index contributed by atoms with van der Waals surface area (Å²) in [4.78, 5) is 14.2. The Kier molecular flexibility index (Phi) is 2.76. The standard InChI is InChI=1S/C13H15N3O2/c17-9-10-4-3-6-15(10)13(18)11-8-14-16-7-2-1-5-12(11)16/h1-2,5,7-8,10,17H,3-4,6,9H2/t10-/m0/s1. The van der Waals surface area contributed by atoms with E-state index in [1.54, 1.807) is 15.6 Å². The molecule has 0 spiro atoms. The van der Waals surface area contributed by atoms with Crippen LogP contribution in [0.2, 0.25) is 0 Å². The van der Waals surface area contributed by atoms with Crippen molar-refractivity contribution >= 4 is 11.4 Å². The second kappa shape index (κ2) is 4.42. The fourth-order valence-electron chi connectivity index (χ4n) is 2.55. The van der Waals surface area contributed by atoms with E-state index in [1.165, 1.54) is 0 Å². The molecule has 1 amide bonds. The van der Waals surface area contributed by atoms with E-state index in [9.17, 15) is 9.90 Å². The number of aromatic nitrogens is 2. The average Bonchev–Trinajstić information content (AvgIpc) is 3.04. The lowest BCUT2D eigenvalue weighted by atomic mass is 10.2. The number of hydrogen-bond donors (Lipinski definition) is 1. The number of rotatable bonds is 2. The molecule has 94 valence electrons. The van der Waals surface area contributed by atoms with Crippen LogP contribution in [-0.2, 0) is 0 Å². The van der Waals surface area contributed by atoms with Crippen molar-refractivity contribution < 1.29 is 9.90 Å². The maximum absolute atomic E-state index is 12.5. The van der Waals surface area contributed by atoms with Crippen molar-refractivity contribution in [3.05, 3.63) is 36.2 Å². The van der Waals surface area contributed by atoms with Crippen LogP contribution in [0.3, 0.4) is 0 Å². The number of hydrogen-bond acceptors (Lipinski definition) is 3. The molecule has 18 heavy (non-hydrogen) atoms. The molecule has 2 aromatic rings. The van der Waals surface area contributed by atoms with Gasteiger partial charge in [0, 0.05) is 12.7 Å². The van der Waals surface area contributed by atoms with Gasteiger partial charge in [-0.2, -0.15) is 5.10 Å². The number of carbonyl (C=O) groups is 1. The minimum absolute atomic E-state index is 0.0327. The molecule has 0 bridgehead atoms. The van der Waals surface area contributed by atoms with E-state index in [1.807, 2.05) is 24.4 Å². The van der Waals surface area contributed by atoms with Crippen LogP contribution < -0.4 is 0 Å². The zero-order valence-electron chi connectivity index (χ0n) is 9.99. The van der Waals surface area contributed by atoms with Crippen LogP contribution in [0.4, 0.5) is 0 Å². The van der Waals surface area contributed by atoms with Crippen LogP contribution in [0.15, 0.2) is 30.6 Å². The van der Waals surface area contributed by atoms with E-state index >= 15 is 0 Å². The molecule has 1 atom stereocenters. The second-order valence-corrected chi connectivity index (χ2v) is 4.57. The summed E-state index contributed by atoms with van der Waals surface area (Å²) in [7, 11) is 0. The fraction of sp³-hybridized carbons (Fsp3) is 0.385. The normalized spacial score (nSPS) is 19.6. The molecule has 5 nitrogen and oxygen atoms in total. The number of carbonyl (C=O) groups excluding carboxylic acids is 1. The molecule has 0 aromatic carbocycles. The Hall–Kier alpha value is -1.88. The molecular formula is C13H15N3O2. The summed E-state index contributed by atoms with van der Waals surface area (Å²) in [6.07, 6.45) is 5.25. The first kappa shape index (κ1) is 11.2. The second-order valence-electron chi connectivity index (χ2n) is 4.57. The lowest BCUT2D eigenvalue weighted by molar-refractivity contribution is 0.0679. The SMILES string of the molecule is O=C(c1cnn2ccccc12)N1CCC[C@H]1CO. The van der Waals surface area contributed by atoms with Crippen molar-refractivity contribution in [2.75, 3.05) is 13.2 Å². The van der Waals surface area contributed by atoms with Gasteiger partial charge in [-0.1, -0.05) is 6.07 Å². The van der Waals surface area contributed by atoms with Crippen molar-refractivity contribution in [2.24, 2.45) is 0 Å². The summed E-state index contributed by atoms with van der Waals surface area (Å²) in [5.41, 5.74) is 1.42. The minimum Gasteiger partial charge on any atom is -0.394 e. The summed E-state index contributed by atoms with van der Waals surface area (Å²) < 4.78 is 1.69. The van der Waals surface area contributed by atoms with Gasteiger partial charge < -0.3 is 10.0 Å². The molecule has 0 unspecified atom stereocenters. The van der Waals surface area contributed by atoms with E-state index in [2.05, 4.69) is 5.10 Å². The Morgan fingerprint density at radius 2 is 2.39 bits per heavy atom. The predicted molar refractivity (Wildman–Crippen MR) is 66.3 cm³/mol. The zero-order valence-corrected chi connectivity index (χ0v) is 9.99. The van der Waals surface area contributed by atoms with E-state index in [4.69, 9.17) is 0 Å². The van der Waals surface area contributed by atoms with Crippen LogP contribution in [0, 0.1) is 0 Å². The Balaban J connectivity index is 1.97. The highest BCUT2D eigenvalue weighted by molar-refractivity contribution is 6.00. The molecule has 0 radical (unpaired) electrons. The molecule has 2 aromatic heterocycles. The summed E-state index contributed by atoms with van der Waals surface area (Å²) in [5, 5.41) is 13.5. The number of pyridine rings is 1. The smallest absolute Gasteiger partial charge is 0.258 e. The molecule has 1 fully saturated rings. The topological polar surface area (TPSA) is 57.8 Å². The fourth-order valence-corrected chi connectivity index (χ4v) is 2.55. The molecule has 3 heterocycles. The molecule has 0 saturated carbocycles. The molecule has 1 N–H and O–H groups in total. The highest BCUT2D eigenvalue weighted by atomic mass is 16.3. The van der Waals surface area contributed by atoms with Crippen LogP contribution in [0.5, 0.6) is 0 Å². The van der Waals surface area contributed by atoms with E-state index in [-0.39, 0.29) is 18.6 Å². The number of aliphatic hydroxyl groups excluding tert-OH is 1. The Morgan fingerprint density at radius 3 is 3.22 bits per heavy atom. The molecule has 1 aliphatic rings. The molecule has 0 aliphatic carbocycles. The van der Waals surface area contributed by atoms with E-state index < -0.39 is 0 Å². The van der Waals surface area contributed by atoms with E-state index in [0.717, 1.165) is 18.4 Å². The third-order valence-electron chi connectivity index (χ3n) is 3.51. The van der Waals surface area contributed by atoms with Gasteiger partial charge in [-0.25, -0.2) is 4.52 Å². The van der Waals surface area contributed by atoms with Crippen LogP contribution in [-0.4, -0.2) is 44.7 Å². The first-order valence-electron chi connectivity index (χ1n) is 6.15. The zero-order chi connectivity index (χ0) is 12.5. The molecular weight excluding hydrogens is 230 g/mol. The van der Waals surface area contributed by atoms with Gasteiger partial charge >= 0.3 is 0 Å². The maximum Gasteiger partial charge on any atom is 0.258 e. The van der Waals surface area contributed by atoms with Crippen molar-refractivity contribution in [3.63, 3.8) is 0 Å². The number of nitrogens with zero attached hydrogens (tertiary/aromatic N) is 3. The average molecular weight is 245 g/mol. The Morgan fingerprint density at radius 1 is 1.50 bits per heavy atom. The van der Waals surface area contributed by atoms with Gasteiger partial charge in [0.25, 0.3) is 5.91 Å². The quantitative estimate of drug-likeness (QED) is 0.856. The van der Waals surface area contributed by atoms with Crippen LogP contribution in [0.1, 0.15) is 23.2 Å². The number of likely N-dealkylation sites (tertiary alicyclic amines) is 1. The number of amides is 1. The van der Waals surface area contributed by atoms with E-state index in [0.29, 0.717) is 12.1 Å². The Labute approximate surface area is 105 Å². The molecule has 5 heteroatoms. The van der Waals surface area contributed by atoms with Gasteiger partial charge in [0.05, 0.1) is 29.9 Å². The molecule has 1 saturated heterocycles. The van der Waals surface area contributed by atoms with Crippen LogP contribution in [0.25, 0.3) is 5.52 Å². The third-order valence-corrected chi connectivity index (χ3v) is 3.51. The van der Waals surface area contributed by atoms with Crippen molar-refractivity contribution in [2.45, 2.75) is 18.9 Å². The number of aliphatic hydroxyl groups is 1. The lowest BCUT2D eigenvalue weighted by Crippen LogP contribution is -2.37. The summed E-state index contributed by atoms with van der Waals surface area (Å²) in [5.74, 6) is -0.0345. The summed E-state index contributed by atoms with van der Waals surface area (Å²) in [6.45, 7) is 0.749. The predicted octanol–water partition coefficient (Wildman–Crippen LogP) is 0.931. The Bertz CT molecular complexity index is 578. The van der Waals surface area contributed by atoms with Gasteiger partial charge in [-0.15, -0.1) is 0 Å². The van der Waals surface area contributed by atoms with Crippen molar-refractivity contribution in [1.29, 1.82) is 0 Å². The molecule has 3 rings (SSSR count). The first-order valence-corrected chi connectivity index (χ1v) is 6.15.